The second-order valence-corrected chi connectivity index (χ2v) is 10.2. The van der Waals surface area contributed by atoms with Crippen molar-refractivity contribution < 1.29 is 19.1 Å². The average Bonchev–Trinajstić information content (AvgIpc) is 3.17. The van der Waals surface area contributed by atoms with Gasteiger partial charge in [-0.3, -0.25) is 19.3 Å². The molecule has 0 atom stereocenters. The number of amides is 3. The van der Waals surface area contributed by atoms with Gasteiger partial charge < -0.3 is 10.1 Å². The molecule has 1 aliphatic rings. The van der Waals surface area contributed by atoms with Gasteiger partial charge >= 0.3 is 0 Å². The minimum absolute atomic E-state index is 0.256. The lowest BCUT2D eigenvalue weighted by Gasteiger charge is -2.13. The fourth-order valence-electron chi connectivity index (χ4n) is 4.01. The molecule has 4 aromatic carbocycles. The second-order valence-electron chi connectivity index (χ2n) is 8.81. The minimum Gasteiger partial charge on any atom is -0.489 e. The van der Waals surface area contributed by atoms with Crippen molar-refractivity contribution in [2.75, 3.05) is 11.9 Å². The van der Waals surface area contributed by atoms with Crippen LogP contribution >= 0.6 is 23.4 Å². The number of anilines is 1. The van der Waals surface area contributed by atoms with Crippen LogP contribution < -0.4 is 10.1 Å². The molecule has 38 heavy (non-hydrogen) atoms. The molecular weight excluding hydrogens is 520 g/mol. The standard InChI is InChI=1S/C30H23ClN2O4S/c1-19-6-11-24(31)16-26(19)32-28(34)17-33-29(35)27(38-30(33)36)15-20-8-12-25(13-9-20)37-18-21-7-10-22-4-2-3-5-23(22)14-21/h2-16H,17-18H2,1H3,(H,32,34)/b27-15-. The maximum absolute atomic E-state index is 12.8. The van der Waals surface area contributed by atoms with Gasteiger partial charge in [0, 0.05) is 10.7 Å². The molecule has 0 bridgehead atoms. The molecule has 1 fully saturated rings. The number of thioether (sulfide) groups is 1. The Balaban J connectivity index is 1.19. The first-order valence-electron chi connectivity index (χ1n) is 11.9. The molecular formula is C30H23ClN2O4S. The number of rotatable bonds is 7. The summed E-state index contributed by atoms with van der Waals surface area (Å²) in [5.41, 5.74) is 3.16. The summed E-state index contributed by atoms with van der Waals surface area (Å²) in [7, 11) is 0. The van der Waals surface area contributed by atoms with E-state index in [-0.39, 0.29) is 11.4 Å². The number of benzene rings is 4. The molecule has 0 radical (unpaired) electrons. The first-order chi connectivity index (χ1) is 18.4. The van der Waals surface area contributed by atoms with Gasteiger partial charge in [0.25, 0.3) is 11.1 Å². The Kier molecular flexibility index (Phi) is 7.49. The molecule has 0 aromatic heterocycles. The lowest BCUT2D eigenvalue weighted by Crippen LogP contribution is -2.36. The minimum atomic E-state index is -0.505. The van der Waals surface area contributed by atoms with Crippen LogP contribution in [0.15, 0.2) is 89.8 Å². The van der Waals surface area contributed by atoms with Gasteiger partial charge in [-0.1, -0.05) is 66.2 Å². The molecule has 190 valence electrons. The molecule has 8 heteroatoms. The van der Waals surface area contributed by atoms with E-state index in [9.17, 15) is 14.4 Å². The molecule has 6 nitrogen and oxygen atoms in total. The van der Waals surface area contributed by atoms with Crippen molar-refractivity contribution in [3.8, 4) is 5.75 Å². The molecule has 4 aromatic rings. The number of ether oxygens (including phenoxy) is 1. The first kappa shape index (κ1) is 25.6. The van der Waals surface area contributed by atoms with E-state index in [4.69, 9.17) is 16.3 Å². The molecule has 0 saturated carbocycles. The molecule has 1 aliphatic heterocycles. The Labute approximate surface area is 229 Å². The summed E-state index contributed by atoms with van der Waals surface area (Å²) >= 11 is 6.81. The van der Waals surface area contributed by atoms with E-state index in [0.717, 1.165) is 38.7 Å². The number of nitrogens with one attached hydrogen (secondary N) is 1. The third-order valence-corrected chi connectivity index (χ3v) is 7.19. The molecule has 1 heterocycles. The van der Waals surface area contributed by atoms with Gasteiger partial charge in [0.1, 0.15) is 18.9 Å². The number of carbonyl (C=O) groups excluding carboxylic acids is 3. The van der Waals surface area contributed by atoms with Crippen LogP contribution in [0.25, 0.3) is 16.8 Å². The molecule has 0 unspecified atom stereocenters. The quantitative estimate of drug-likeness (QED) is 0.253. The highest BCUT2D eigenvalue weighted by atomic mass is 35.5. The Hall–Kier alpha value is -4.07. The van der Waals surface area contributed by atoms with Crippen LogP contribution in [0, 0.1) is 6.92 Å². The molecule has 5 rings (SSSR count). The van der Waals surface area contributed by atoms with Gasteiger partial charge in [0.2, 0.25) is 5.91 Å². The predicted molar refractivity (Wildman–Crippen MR) is 152 cm³/mol. The Morgan fingerprint density at radius 3 is 2.53 bits per heavy atom. The zero-order valence-electron chi connectivity index (χ0n) is 20.4. The van der Waals surface area contributed by atoms with Crippen LogP contribution in [0.5, 0.6) is 5.75 Å². The van der Waals surface area contributed by atoms with Crippen molar-refractivity contribution in [3.05, 3.63) is 112 Å². The summed E-state index contributed by atoms with van der Waals surface area (Å²) in [5.74, 6) is -0.294. The van der Waals surface area contributed by atoms with Crippen LogP contribution in [-0.2, 0) is 16.2 Å². The third kappa shape index (κ3) is 5.90. The molecule has 0 aliphatic carbocycles. The molecule has 1 N–H and O–H groups in total. The topological polar surface area (TPSA) is 75.7 Å². The number of imide groups is 1. The Morgan fingerprint density at radius 1 is 0.974 bits per heavy atom. The van der Waals surface area contributed by atoms with Crippen LogP contribution in [0.3, 0.4) is 0 Å². The van der Waals surface area contributed by atoms with E-state index in [1.165, 1.54) is 5.39 Å². The van der Waals surface area contributed by atoms with Gasteiger partial charge in [-0.2, -0.15) is 0 Å². The van der Waals surface area contributed by atoms with E-state index in [1.807, 2.05) is 49.4 Å². The first-order valence-corrected chi connectivity index (χ1v) is 13.1. The summed E-state index contributed by atoms with van der Waals surface area (Å²) in [6.45, 7) is 1.88. The van der Waals surface area contributed by atoms with Gasteiger partial charge in [-0.25, -0.2) is 0 Å². The van der Waals surface area contributed by atoms with Crippen LogP contribution in [0.1, 0.15) is 16.7 Å². The van der Waals surface area contributed by atoms with E-state index >= 15 is 0 Å². The molecule has 3 amide bonds. The van der Waals surface area contributed by atoms with Gasteiger partial charge in [-0.05, 0) is 82.6 Å². The fourth-order valence-corrected chi connectivity index (χ4v) is 5.02. The summed E-state index contributed by atoms with van der Waals surface area (Å²) in [6, 6.07) is 26.8. The van der Waals surface area contributed by atoms with E-state index in [2.05, 4.69) is 29.6 Å². The van der Waals surface area contributed by atoms with Crippen molar-refractivity contribution in [3.63, 3.8) is 0 Å². The summed E-state index contributed by atoms with van der Waals surface area (Å²) in [6.07, 6.45) is 1.64. The summed E-state index contributed by atoms with van der Waals surface area (Å²) in [5, 5.41) is 5.04. The maximum Gasteiger partial charge on any atom is 0.294 e. The van der Waals surface area contributed by atoms with Gasteiger partial charge in [-0.15, -0.1) is 0 Å². The normalized spacial score (nSPS) is 14.4. The van der Waals surface area contributed by atoms with Crippen molar-refractivity contribution in [1.82, 2.24) is 4.90 Å². The van der Waals surface area contributed by atoms with Crippen molar-refractivity contribution in [2.24, 2.45) is 0 Å². The van der Waals surface area contributed by atoms with Crippen LogP contribution in [-0.4, -0.2) is 28.5 Å². The van der Waals surface area contributed by atoms with Crippen LogP contribution in [0.4, 0.5) is 10.5 Å². The highest BCUT2D eigenvalue weighted by Gasteiger charge is 2.36. The SMILES string of the molecule is Cc1ccc(Cl)cc1NC(=O)CN1C(=O)S/C(=C\c2ccc(OCc3ccc4ccccc4c3)cc2)C1=O. The third-order valence-electron chi connectivity index (χ3n) is 6.05. The summed E-state index contributed by atoms with van der Waals surface area (Å²) in [4.78, 5) is 39.0. The average molecular weight is 543 g/mol. The van der Waals surface area contributed by atoms with E-state index < -0.39 is 17.1 Å². The maximum atomic E-state index is 12.8. The van der Waals surface area contributed by atoms with Crippen molar-refractivity contribution >= 4 is 63.0 Å². The highest BCUT2D eigenvalue weighted by molar-refractivity contribution is 8.18. The lowest BCUT2D eigenvalue weighted by atomic mass is 10.1. The number of aryl methyl sites for hydroxylation is 1. The number of fused-ring (bicyclic) bond motifs is 1. The smallest absolute Gasteiger partial charge is 0.294 e. The second kappa shape index (κ2) is 11.1. The predicted octanol–water partition coefficient (Wildman–Crippen LogP) is 7.06. The number of nitrogens with zero attached hydrogens (tertiary/aromatic N) is 1. The monoisotopic (exact) mass is 542 g/mol. The zero-order chi connectivity index (χ0) is 26.6. The summed E-state index contributed by atoms with van der Waals surface area (Å²) < 4.78 is 5.92. The number of hydrogen-bond donors (Lipinski definition) is 1. The van der Waals surface area contributed by atoms with Crippen molar-refractivity contribution in [2.45, 2.75) is 13.5 Å². The van der Waals surface area contributed by atoms with E-state index in [1.54, 1.807) is 24.3 Å². The Bertz CT molecular complexity index is 1580. The highest BCUT2D eigenvalue weighted by Crippen LogP contribution is 2.32. The molecule has 0 spiro atoms. The van der Waals surface area contributed by atoms with Gasteiger partial charge in [0.15, 0.2) is 0 Å². The largest absolute Gasteiger partial charge is 0.489 e. The zero-order valence-corrected chi connectivity index (χ0v) is 22.0. The number of halogens is 1. The van der Waals surface area contributed by atoms with Crippen molar-refractivity contribution in [1.29, 1.82) is 0 Å². The van der Waals surface area contributed by atoms with E-state index in [0.29, 0.717) is 23.1 Å². The fraction of sp³-hybridized carbons (Fsp3) is 0.100. The Morgan fingerprint density at radius 2 is 1.74 bits per heavy atom. The van der Waals surface area contributed by atoms with Gasteiger partial charge in [0.05, 0.1) is 4.91 Å². The number of hydrogen-bond acceptors (Lipinski definition) is 5. The number of carbonyl (C=O) groups is 3. The van der Waals surface area contributed by atoms with Crippen LogP contribution in [0.2, 0.25) is 5.02 Å². The lowest BCUT2D eigenvalue weighted by molar-refractivity contribution is -0.127. The molecule has 1 saturated heterocycles.